The molecule has 0 aliphatic rings. The highest BCUT2D eigenvalue weighted by molar-refractivity contribution is 7.07. The first-order valence-electron chi connectivity index (χ1n) is 6.61. The number of aromatic nitrogens is 1. The van der Waals surface area contributed by atoms with E-state index in [1.54, 1.807) is 11.6 Å². The fourth-order valence-electron chi connectivity index (χ4n) is 2.06. The van der Waals surface area contributed by atoms with Gasteiger partial charge in [0.25, 0.3) is 0 Å². The van der Waals surface area contributed by atoms with Gasteiger partial charge in [0.1, 0.15) is 11.3 Å². The zero-order valence-corrected chi connectivity index (χ0v) is 13.5. The lowest BCUT2D eigenvalue weighted by Gasteiger charge is -2.16. The maximum Gasteiger partial charge on any atom is 0.341 e. The van der Waals surface area contributed by atoms with E-state index >= 15 is 0 Å². The molecule has 2 rings (SSSR count). The van der Waals surface area contributed by atoms with Crippen molar-refractivity contribution >= 4 is 17.3 Å². The van der Waals surface area contributed by atoms with Crippen molar-refractivity contribution in [2.45, 2.75) is 6.54 Å². The number of thiazole rings is 1. The van der Waals surface area contributed by atoms with Crippen molar-refractivity contribution in [3.63, 3.8) is 0 Å². The van der Waals surface area contributed by atoms with Gasteiger partial charge < -0.3 is 19.5 Å². The molecular formula is C15H18N2O4S. The largest absolute Gasteiger partial charge is 0.466 e. The molecule has 1 aromatic heterocycles. The van der Waals surface area contributed by atoms with Crippen molar-refractivity contribution in [3.8, 4) is 17.0 Å². The van der Waals surface area contributed by atoms with Gasteiger partial charge in [-0.15, -0.1) is 11.3 Å². The fraction of sp³-hybridized carbons (Fsp3) is 0.333. The highest BCUT2D eigenvalue weighted by Crippen LogP contribution is 2.31. The lowest BCUT2D eigenvalue weighted by molar-refractivity contribution is 0.0458. The Labute approximate surface area is 133 Å². The number of hydrogen-bond acceptors (Lipinski definition) is 7. The Hall–Kier alpha value is -1.96. The summed E-state index contributed by atoms with van der Waals surface area (Å²) >= 11 is 1.50. The second-order valence-corrected chi connectivity index (χ2v) is 5.18. The highest BCUT2D eigenvalue weighted by Gasteiger charge is 2.20. The molecule has 6 nitrogen and oxygen atoms in total. The zero-order valence-electron chi connectivity index (χ0n) is 12.7. The summed E-state index contributed by atoms with van der Waals surface area (Å²) in [5.41, 5.74) is 4.60. The normalized spacial score (nSPS) is 10.5. The summed E-state index contributed by atoms with van der Waals surface area (Å²) in [4.78, 5) is 16.4. The van der Waals surface area contributed by atoms with Crippen molar-refractivity contribution in [1.29, 1.82) is 0 Å². The standard InChI is InChI=1S/C15H18N2O4S/c1-16-6-11-4-10(13-7-22-8-17-13)5-12(15(18)20-3)14(11)21-9-19-2/h4-5,7-8,16H,6,9H2,1-3H3. The van der Waals surface area contributed by atoms with Gasteiger partial charge in [0.2, 0.25) is 0 Å². The molecule has 0 saturated heterocycles. The van der Waals surface area contributed by atoms with Crippen LogP contribution in [0.4, 0.5) is 0 Å². The Balaban J connectivity index is 2.56. The SMILES string of the molecule is CNCc1cc(-c2cscn2)cc(C(=O)OC)c1OCOC. The monoisotopic (exact) mass is 322 g/mol. The van der Waals surface area contributed by atoms with Crippen LogP contribution in [0.5, 0.6) is 5.75 Å². The molecule has 22 heavy (non-hydrogen) atoms. The van der Waals surface area contributed by atoms with Crippen LogP contribution in [0.25, 0.3) is 11.3 Å². The van der Waals surface area contributed by atoms with Crippen molar-refractivity contribution in [3.05, 3.63) is 34.2 Å². The van der Waals surface area contributed by atoms with E-state index in [0.717, 1.165) is 16.8 Å². The van der Waals surface area contributed by atoms with Crippen LogP contribution < -0.4 is 10.1 Å². The van der Waals surface area contributed by atoms with Gasteiger partial charge in [0, 0.05) is 30.2 Å². The van der Waals surface area contributed by atoms with E-state index in [2.05, 4.69) is 10.3 Å². The quantitative estimate of drug-likeness (QED) is 0.623. The number of nitrogens with one attached hydrogen (secondary N) is 1. The Morgan fingerprint density at radius 3 is 2.77 bits per heavy atom. The van der Waals surface area contributed by atoms with Crippen LogP contribution in [0.2, 0.25) is 0 Å². The molecular weight excluding hydrogens is 304 g/mol. The molecule has 0 saturated carbocycles. The van der Waals surface area contributed by atoms with Crippen LogP contribution in [0.1, 0.15) is 15.9 Å². The first-order valence-corrected chi connectivity index (χ1v) is 7.55. The van der Waals surface area contributed by atoms with Gasteiger partial charge in [-0.1, -0.05) is 0 Å². The molecule has 1 N–H and O–H groups in total. The number of nitrogens with zero attached hydrogens (tertiary/aromatic N) is 1. The Kier molecular flexibility index (Phi) is 5.88. The van der Waals surface area contributed by atoms with Crippen LogP contribution in [0, 0.1) is 0 Å². The molecule has 0 bridgehead atoms. The number of ether oxygens (including phenoxy) is 3. The van der Waals surface area contributed by atoms with Crippen molar-refractivity contribution in [2.75, 3.05) is 28.1 Å². The molecule has 0 aliphatic carbocycles. The minimum atomic E-state index is -0.458. The number of benzene rings is 1. The first-order chi connectivity index (χ1) is 10.7. The molecule has 0 aliphatic heterocycles. The number of carbonyl (C=O) groups is 1. The topological polar surface area (TPSA) is 69.7 Å². The average molecular weight is 322 g/mol. The molecule has 0 radical (unpaired) electrons. The number of esters is 1. The summed E-state index contributed by atoms with van der Waals surface area (Å²) < 4.78 is 15.4. The summed E-state index contributed by atoms with van der Waals surface area (Å²) in [6.07, 6.45) is 0. The van der Waals surface area contributed by atoms with Gasteiger partial charge in [-0.05, 0) is 19.2 Å². The summed E-state index contributed by atoms with van der Waals surface area (Å²) in [7, 11) is 4.70. The summed E-state index contributed by atoms with van der Waals surface area (Å²) in [5.74, 6) is 0.00238. The minimum absolute atomic E-state index is 0.0523. The van der Waals surface area contributed by atoms with Gasteiger partial charge in [-0.2, -0.15) is 0 Å². The van der Waals surface area contributed by atoms with Gasteiger partial charge >= 0.3 is 5.97 Å². The molecule has 0 spiro atoms. The second-order valence-electron chi connectivity index (χ2n) is 4.46. The predicted molar refractivity (Wildman–Crippen MR) is 84.2 cm³/mol. The maximum absolute atomic E-state index is 12.1. The van der Waals surface area contributed by atoms with Gasteiger partial charge in [0.05, 0.1) is 18.3 Å². The fourth-order valence-corrected chi connectivity index (χ4v) is 2.62. The Bertz CT molecular complexity index is 629. The number of carbonyl (C=O) groups excluding carboxylic acids is 1. The lowest BCUT2D eigenvalue weighted by Crippen LogP contribution is -2.13. The molecule has 0 fully saturated rings. The first kappa shape index (κ1) is 16.4. The van der Waals surface area contributed by atoms with E-state index in [0.29, 0.717) is 17.9 Å². The molecule has 118 valence electrons. The summed E-state index contributed by atoms with van der Waals surface area (Å²) in [6, 6.07) is 3.67. The predicted octanol–water partition coefficient (Wildman–Crippen LogP) is 2.30. The third kappa shape index (κ3) is 3.62. The third-order valence-corrected chi connectivity index (χ3v) is 3.57. The lowest BCUT2D eigenvalue weighted by atomic mass is 10.0. The van der Waals surface area contributed by atoms with Crippen molar-refractivity contribution in [2.24, 2.45) is 0 Å². The highest BCUT2D eigenvalue weighted by atomic mass is 32.1. The number of hydrogen-bond donors (Lipinski definition) is 1. The average Bonchev–Trinajstić information content (AvgIpc) is 3.07. The van der Waals surface area contributed by atoms with Crippen LogP contribution >= 0.6 is 11.3 Å². The maximum atomic E-state index is 12.1. The molecule has 1 aromatic carbocycles. The van der Waals surface area contributed by atoms with Gasteiger partial charge in [0.15, 0.2) is 6.79 Å². The van der Waals surface area contributed by atoms with Gasteiger partial charge in [-0.3, -0.25) is 0 Å². The van der Waals surface area contributed by atoms with E-state index < -0.39 is 5.97 Å². The number of rotatable bonds is 7. The molecule has 2 aromatic rings. The third-order valence-electron chi connectivity index (χ3n) is 2.99. The Morgan fingerprint density at radius 1 is 1.36 bits per heavy atom. The molecule has 7 heteroatoms. The van der Waals surface area contributed by atoms with E-state index in [4.69, 9.17) is 14.2 Å². The smallest absolute Gasteiger partial charge is 0.341 e. The molecule has 0 atom stereocenters. The van der Waals surface area contributed by atoms with Crippen LogP contribution in [0.3, 0.4) is 0 Å². The molecule has 0 amide bonds. The molecule has 0 unspecified atom stereocenters. The van der Waals surface area contributed by atoms with Crippen molar-refractivity contribution < 1.29 is 19.0 Å². The van der Waals surface area contributed by atoms with Crippen LogP contribution in [-0.2, 0) is 16.0 Å². The van der Waals surface area contributed by atoms with Gasteiger partial charge in [-0.25, -0.2) is 9.78 Å². The van der Waals surface area contributed by atoms with Crippen LogP contribution in [-0.4, -0.2) is 39.0 Å². The summed E-state index contributed by atoms with van der Waals surface area (Å²) in [6.45, 7) is 0.595. The van der Waals surface area contributed by atoms with E-state index in [1.807, 2.05) is 18.5 Å². The van der Waals surface area contributed by atoms with Crippen LogP contribution in [0.15, 0.2) is 23.0 Å². The van der Waals surface area contributed by atoms with E-state index in [1.165, 1.54) is 25.6 Å². The number of methoxy groups -OCH3 is 2. The van der Waals surface area contributed by atoms with E-state index in [9.17, 15) is 4.79 Å². The van der Waals surface area contributed by atoms with Crippen molar-refractivity contribution in [1.82, 2.24) is 10.3 Å². The Morgan fingerprint density at radius 2 is 2.18 bits per heavy atom. The minimum Gasteiger partial charge on any atom is -0.466 e. The second kappa shape index (κ2) is 7.88. The molecule has 1 heterocycles. The summed E-state index contributed by atoms with van der Waals surface area (Å²) in [5, 5.41) is 4.99. The zero-order chi connectivity index (χ0) is 15.9. The van der Waals surface area contributed by atoms with E-state index in [-0.39, 0.29) is 6.79 Å².